The summed E-state index contributed by atoms with van der Waals surface area (Å²) >= 11 is 0. The molecule has 2 saturated carbocycles. The Hall–Kier alpha value is -0.770. The van der Waals surface area contributed by atoms with Gasteiger partial charge in [0.05, 0.1) is 0 Å². The van der Waals surface area contributed by atoms with Gasteiger partial charge in [0.15, 0.2) is 5.96 Å². The summed E-state index contributed by atoms with van der Waals surface area (Å²) in [6.07, 6.45) is 11.1. The fourth-order valence-electron chi connectivity index (χ4n) is 5.11. The van der Waals surface area contributed by atoms with Gasteiger partial charge in [0.25, 0.3) is 0 Å². The lowest BCUT2D eigenvalue weighted by Crippen LogP contribution is -2.49. The predicted molar refractivity (Wildman–Crippen MR) is 97.8 cm³/mol. The zero-order valence-corrected chi connectivity index (χ0v) is 15.2. The third kappa shape index (κ3) is 4.62. The molecule has 0 aromatic heterocycles. The lowest BCUT2D eigenvalue weighted by atomic mass is 9.86. The maximum absolute atomic E-state index is 4.43. The van der Waals surface area contributed by atoms with Gasteiger partial charge in [-0.3, -0.25) is 4.99 Å². The summed E-state index contributed by atoms with van der Waals surface area (Å²) in [5.74, 6) is 4.11. The smallest absolute Gasteiger partial charge is 0.191 e. The highest BCUT2D eigenvalue weighted by atomic mass is 15.2. The van der Waals surface area contributed by atoms with Crippen LogP contribution in [0.4, 0.5) is 0 Å². The molecule has 1 heterocycles. The number of nitrogens with one attached hydrogen (secondary N) is 2. The molecule has 2 N–H and O–H groups in total. The first-order valence-corrected chi connectivity index (χ1v) is 9.98. The van der Waals surface area contributed by atoms with Crippen LogP contribution < -0.4 is 10.6 Å². The van der Waals surface area contributed by atoms with Crippen LogP contribution in [0.25, 0.3) is 0 Å². The van der Waals surface area contributed by atoms with Crippen LogP contribution in [0.2, 0.25) is 0 Å². The summed E-state index contributed by atoms with van der Waals surface area (Å²) in [6, 6.07) is 0.594. The van der Waals surface area contributed by atoms with Gasteiger partial charge in [-0.25, -0.2) is 0 Å². The van der Waals surface area contributed by atoms with Gasteiger partial charge in [0, 0.05) is 32.7 Å². The maximum atomic E-state index is 4.43. The molecule has 0 aromatic rings. The second-order valence-corrected chi connectivity index (χ2v) is 7.98. The van der Waals surface area contributed by atoms with Crippen LogP contribution in [0.1, 0.15) is 58.3 Å². The third-order valence-electron chi connectivity index (χ3n) is 6.38. The molecule has 4 nitrogen and oxygen atoms in total. The van der Waals surface area contributed by atoms with Crippen molar-refractivity contribution in [1.82, 2.24) is 15.5 Å². The molecule has 0 radical (unpaired) electrons. The molecule has 0 amide bonds. The Balaban J connectivity index is 1.32. The van der Waals surface area contributed by atoms with Crippen molar-refractivity contribution in [2.75, 3.05) is 33.2 Å². The molecule has 3 unspecified atom stereocenters. The molecule has 3 fully saturated rings. The monoisotopic (exact) mass is 320 g/mol. The number of nitrogens with zero attached hydrogens (tertiary/aromatic N) is 2. The normalized spacial score (nSPS) is 32.4. The molecular formula is C19H36N4. The third-order valence-corrected chi connectivity index (χ3v) is 6.38. The molecule has 132 valence electrons. The van der Waals surface area contributed by atoms with Crippen LogP contribution in [0.15, 0.2) is 4.99 Å². The van der Waals surface area contributed by atoms with Gasteiger partial charge in [0.2, 0.25) is 0 Å². The van der Waals surface area contributed by atoms with E-state index in [1.807, 2.05) is 7.05 Å². The number of aliphatic imine (C=N–C) groups is 1. The molecule has 2 bridgehead atoms. The number of guanidine groups is 1. The Morgan fingerprint density at radius 2 is 1.96 bits per heavy atom. The fourth-order valence-corrected chi connectivity index (χ4v) is 5.11. The molecule has 0 aromatic carbocycles. The number of hydrogen-bond donors (Lipinski definition) is 2. The van der Waals surface area contributed by atoms with Gasteiger partial charge in [-0.2, -0.15) is 0 Å². The summed E-state index contributed by atoms with van der Waals surface area (Å²) in [7, 11) is 1.90. The van der Waals surface area contributed by atoms with Crippen molar-refractivity contribution in [3.63, 3.8) is 0 Å². The van der Waals surface area contributed by atoms with E-state index in [4.69, 9.17) is 0 Å². The Labute approximate surface area is 142 Å². The van der Waals surface area contributed by atoms with Gasteiger partial charge in [-0.1, -0.05) is 13.3 Å². The molecule has 3 rings (SSSR count). The highest BCUT2D eigenvalue weighted by Gasteiger charge is 2.38. The number of fused-ring (bicyclic) bond motifs is 2. The minimum atomic E-state index is 0.594. The molecule has 0 spiro atoms. The molecule has 3 atom stereocenters. The van der Waals surface area contributed by atoms with Crippen molar-refractivity contribution in [3.8, 4) is 0 Å². The van der Waals surface area contributed by atoms with E-state index in [1.54, 1.807) is 0 Å². The molecule has 1 aliphatic heterocycles. The zero-order valence-electron chi connectivity index (χ0n) is 15.2. The molecular weight excluding hydrogens is 284 g/mol. The van der Waals surface area contributed by atoms with Gasteiger partial charge in [-0.15, -0.1) is 0 Å². The van der Waals surface area contributed by atoms with Crippen LogP contribution in [0.3, 0.4) is 0 Å². The number of piperidine rings is 1. The summed E-state index contributed by atoms with van der Waals surface area (Å²) in [5, 5.41) is 7.20. The summed E-state index contributed by atoms with van der Waals surface area (Å²) < 4.78 is 0. The second kappa shape index (κ2) is 8.36. The molecule has 1 saturated heterocycles. The maximum Gasteiger partial charge on any atom is 0.191 e. The predicted octanol–water partition coefficient (Wildman–Crippen LogP) is 2.85. The molecule has 3 aliphatic rings. The highest BCUT2D eigenvalue weighted by Crippen LogP contribution is 2.49. The second-order valence-electron chi connectivity index (χ2n) is 7.98. The van der Waals surface area contributed by atoms with Crippen LogP contribution in [0, 0.1) is 17.8 Å². The fraction of sp³-hybridized carbons (Fsp3) is 0.947. The molecule has 23 heavy (non-hydrogen) atoms. The average molecular weight is 321 g/mol. The van der Waals surface area contributed by atoms with Gasteiger partial charge in [-0.05, 0) is 69.2 Å². The van der Waals surface area contributed by atoms with Crippen molar-refractivity contribution in [2.24, 2.45) is 22.7 Å². The van der Waals surface area contributed by atoms with E-state index in [0.29, 0.717) is 6.04 Å². The van der Waals surface area contributed by atoms with E-state index in [0.717, 1.165) is 30.3 Å². The minimum absolute atomic E-state index is 0.594. The Bertz CT molecular complexity index is 387. The standard InChI is InChI=1S/C19H36N4/c1-3-10-23-11-7-18(8-12-23)22-19(20-2)21-9-6-17-14-15-4-5-16(17)13-15/h15-18H,3-14H2,1-2H3,(H2,20,21,22). The largest absolute Gasteiger partial charge is 0.356 e. The van der Waals surface area contributed by atoms with E-state index >= 15 is 0 Å². The summed E-state index contributed by atoms with van der Waals surface area (Å²) in [6.45, 7) is 7.07. The number of likely N-dealkylation sites (tertiary alicyclic amines) is 1. The van der Waals surface area contributed by atoms with E-state index < -0.39 is 0 Å². The first kappa shape index (κ1) is 17.1. The van der Waals surface area contributed by atoms with Crippen molar-refractivity contribution in [1.29, 1.82) is 0 Å². The van der Waals surface area contributed by atoms with E-state index in [9.17, 15) is 0 Å². The van der Waals surface area contributed by atoms with Crippen LogP contribution >= 0.6 is 0 Å². The topological polar surface area (TPSA) is 39.7 Å². The number of rotatable bonds is 6. The summed E-state index contributed by atoms with van der Waals surface area (Å²) in [5.41, 5.74) is 0. The SMILES string of the molecule is CCCN1CCC(NC(=NC)NCCC2CC3CCC2C3)CC1. The summed E-state index contributed by atoms with van der Waals surface area (Å²) in [4.78, 5) is 7.02. The van der Waals surface area contributed by atoms with E-state index in [2.05, 4.69) is 27.4 Å². The zero-order chi connectivity index (χ0) is 16.1. The van der Waals surface area contributed by atoms with Gasteiger partial charge < -0.3 is 15.5 Å². The Morgan fingerprint density at radius 1 is 1.13 bits per heavy atom. The first-order valence-electron chi connectivity index (χ1n) is 9.98. The molecule has 2 aliphatic carbocycles. The van der Waals surface area contributed by atoms with Crippen LogP contribution in [-0.4, -0.2) is 50.1 Å². The minimum Gasteiger partial charge on any atom is -0.356 e. The molecule has 4 heteroatoms. The van der Waals surface area contributed by atoms with Crippen LogP contribution in [0.5, 0.6) is 0 Å². The van der Waals surface area contributed by atoms with Crippen molar-refractivity contribution in [3.05, 3.63) is 0 Å². The van der Waals surface area contributed by atoms with Crippen LogP contribution in [-0.2, 0) is 0 Å². The van der Waals surface area contributed by atoms with Crippen molar-refractivity contribution in [2.45, 2.75) is 64.3 Å². The number of hydrogen-bond acceptors (Lipinski definition) is 2. The average Bonchev–Trinajstić information content (AvgIpc) is 3.19. The van der Waals surface area contributed by atoms with Gasteiger partial charge in [0.1, 0.15) is 0 Å². The van der Waals surface area contributed by atoms with E-state index in [-0.39, 0.29) is 0 Å². The van der Waals surface area contributed by atoms with E-state index in [1.165, 1.54) is 71.0 Å². The first-order chi connectivity index (χ1) is 11.3. The van der Waals surface area contributed by atoms with Crippen molar-refractivity contribution >= 4 is 5.96 Å². The Kier molecular flexibility index (Phi) is 6.21. The van der Waals surface area contributed by atoms with Gasteiger partial charge >= 0.3 is 0 Å². The van der Waals surface area contributed by atoms with Crippen molar-refractivity contribution < 1.29 is 0 Å². The lowest BCUT2D eigenvalue weighted by Gasteiger charge is -2.33. The Morgan fingerprint density at radius 3 is 2.57 bits per heavy atom. The quantitative estimate of drug-likeness (QED) is 0.584. The highest BCUT2D eigenvalue weighted by molar-refractivity contribution is 5.79. The lowest BCUT2D eigenvalue weighted by molar-refractivity contribution is 0.206.